The van der Waals surface area contributed by atoms with Crippen molar-refractivity contribution in [1.29, 1.82) is 0 Å². The van der Waals surface area contributed by atoms with E-state index in [9.17, 15) is 9.18 Å². The summed E-state index contributed by atoms with van der Waals surface area (Å²) < 4.78 is 18.3. The molecule has 0 spiro atoms. The number of nitrogens with zero attached hydrogens (tertiary/aromatic N) is 1. The molecular formula is C13H17FN2O2. The van der Waals surface area contributed by atoms with Crippen molar-refractivity contribution in [1.82, 2.24) is 4.90 Å². The smallest absolute Gasteiger partial charge is 0.242 e. The Morgan fingerprint density at radius 3 is 2.89 bits per heavy atom. The van der Waals surface area contributed by atoms with Crippen LogP contribution in [-0.4, -0.2) is 36.5 Å². The zero-order chi connectivity index (χ0) is 13.2. The molecule has 0 bridgehead atoms. The Morgan fingerprint density at radius 2 is 2.28 bits per heavy atom. The van der Waals surface area contributed by atoms with Crippen molar-refractivity contribution in [2.45, 2.75) is 18.4 Å². The van der Waals surface area contributed by atoms with Gasteiger partial charge in [-0.25, -0.2) is 4.39 Å². The van der Waals surface area contributed by atoms with Crippen LogP contribution in [0.3, 0.4) is 0 Å². The van der Waals surface area contributed by atoms with Crippen molar-refractivity contribution < 1.29 is 13.9 Å². The van der Waals surface area contributed by atoms with Crippen molar-refractivity contribution in [3.05, 3.63) is 30.1 Å². The molecule has 1 aromatic carbocycles. The number of hydrogen-bond acceptors (Lipinski definition) is 3. The lowest BCUT2D eigenvalue weighted by atomic mass is 10.2. The van der Waals surface area contributed by atoms with Crippen LogP contribution in [0.4, 0.5) is 4.39 Å². The molecule has 0 aromatic heterocycles. The van der Waals surface area contributed by atoms with Crippen molar-refractivity contribution in [3.63, 3.8) is 0 Å². The molecule has 2 rings (SSSR count). The Balaban J connectivity index is 1.77. The number of rotatable bonds is 5. The highest BCUT2D eigenvalue weighted by atomic mass is 19.1. The molecule has 0 aliphatic heterocycles. The van der Waals surface area contributed by atoms with Crippen LogP contribution in [0, 0.1) is 5.82 Å². The quantitative estimate of drug-likeness (QED) is 0.855. The predicted octanol–water partition coefficient (Wildman–Crippen LogP) is 1.15. The van der Waals surface area contributed by atoms with Crippen LogP contribution in [0.15, 0.2) is 24.3 Å². The van der Waals surface area contributed by atoms with Gasteiger partial charge in [-0.1, -0.05) is 6.07 Å². The lowest BCUT2D eigenvalue weighted by molar-refractivity contribution is -0.132. The lowest BCUT2D eigenvalue weighted by Crippen LogP contribution is -2.45. The number of ether oxygens (including phenoxy) is 1. The van der Waals surface area contributed by atoms with Crippen LogP contribution >= 0.6 is 0 Å². The van der Waals surface area contributed by atoms with E-state index in [0.717, 1.165) is 12.8 Å². The molecule has 4 nitrogen and oxygen atoms in total. The maximum atomic E-state index is 12.9. The van der Waals surface area contributed by atoms with E-state index in [1.165, 1.54) is 12.1 Å². The van der Waals surface area contributed by atoms with Gasteiger partial charge >= 0.3 is 0 Å². The van der Waals surface area contributed by atoms with E-state index < -0.39 is 5.54 Å². The van der Waals surface area contributed by atoms with E-state index in [1.807, 2.05) is 0 Å². The number of nitrogens with two attached hydrogens (primary N) is 1. The minimum absolute atomic E-state index is 0.0506. The molecule has 1 aliphatic carbocycles. The maximum absolute atomic E-state index is 12.9. The van der Waals surface area contributed by atoms with Gasteiger partial charge in [0.05, 0.1) is 12.1 Å². The lowest BCUT2D eigenvalue weighted by Gasteiger charge is -2.20. The van der Waals surface area contributed by atoms with E-state index in [2.05, 4.69) is 0 Å². The Morgan fingerprint density at radius 1 is 1.56 bits per heavy atom. The summed E-state index contributed by atoms with van der Waals surface area (Å²) in [4.78, 5) is 13.4. The summed E-state index contributed by atoms with van der Waals surface area (Å²) in [5.74, 6) is 0.0749. The van der Waals surface area contributed by atoms with E-state index in [-0.39, 0.29) is 11.7 Å². The van der Waals surface area contributed by atoms with Gasteiger partial charge in [0.25, 0.3) is 0 Å². The summed E-state index contributed by atoms with van der Waals surface area (Å²) in [6.45, 7) is 0.760. The second-order valence-electron chi connectivity index (χ2n) is 4.69. The van der Waals surface area contributed by atoms with Gasteiger partial charge in [0.15, 0.2) is 0 Å². The molecule has 1 aliphatic rings. The number of carbonyl (C=O) groups excluding carboxylic acids is 1. The van der Waals surface area contributed by atoms with Gasteiger partial charge in [0.1, 0.15) is 18.2 Å². The second kappa shape index (κ2) is 4.94. The van der Waals surface area contributed by atoms with Crippen LogP contribution in [0.5, 0.6) is 5.75 Å². The summed E-state index contributed by atoms with van der Waals surface area (Å²) in [5.41, 5.74) is 5.17. The van der Waals surface area contributed by atoms with Gasteiger partial charge < -0.3 is 15.4 Å². The average Bonchev–Trinajstić information content (AvgIpc) is 3.07. The highest BCUT2D eigenvalue weighted by molar-refractivity contribution is 5.88. The van der Waals surface area contributed by atoms with Crippen LogP contribution < -0.4 is 10.5 Å². The average molecular weight is 252 g/mol. The first-order chi connectivity index (χ1) is 8.51. The molecule has 1 aromatic rings. The van der Waals surface area contributed by atoms with Crippen molar-refractivity contribution in [3.8, 4) is 5.75 Å². The van der Waals surface area contributed by atoms with Crippen LogP contribution in [-0.2, 0) is 4.79 Å². The molecule has 18 heavy (non-hydrogen) atoms. The molecule has 1 fully saturated rings. The fourth-order valence-corrected chi connectivity index (χ4v) is 1.69. The standard InChI is InChI=1S/C13H17FN2O2/c1-16(12(17)13(15)5-6-13)7-8-18-11-4-2-3-10(14)9-11/h2-4,9H,5-8,15H2,1H3. The maximum Gasteiger partial charge on any atom is 0.242 e. The molecule has 0 saturated heterocycles. The Hall–Kier alpha value is -1.62. The molecular weight excluding hydrogens is 235 g/mol. The van der Waals surface area contributed by atoms with Crippen molar-refractivity contribution in [2.24, 2.45) is 5.73 Å². The van der Waals surface area contributed by atoms with Gasteiger partial charge in [-0.3, -0.25) is 4.79 Å². The van der Waals surface area contributed by atoms with Gasteiger partial charge in [-0.15, -0.1) is 0 Å². The number of benzene rings is 1. The van der Waals surface area contributed by atoms with E-state index in [1.54, 1.807) is 24.1 Å². The fourth-order valence-electron chi connectivity index (χ4n) is 1.69. The summed E-state index contributed by atoms with van der Waals surface area (Å²) in [5, 5.41) is 0. The van der Waals surface area contributed by atoms with Gasteiger partial charge in [-0.2, -0.15) is 0 Å². The van der Waals surface area contributed by atoms with Crippen LogP contribution in [0.2, 0.25) is 0 Å². The number of hydrogen-bond donors (Lipinski definition) is 1. The number of halogens is 1. The predicted molar refractivity (Wildman–Crippen MR) is 65.7 cm³/mol. The molecule has 5 heteroatoms. The topological polar surface area (TPSA) is 55.6 Å². The highest BCUT2D eigenvalue weighted by Crippen LogP contribution is 2.33. The normalized spacial score (nSPS) is 16.2. The number of amides is 1. The van der Waals surface area contributed by atoms with Crippen LogP contribution in [0.1, 0.15) is 12.8 Å². The zero-order valence-electron chi connectivity index (χ0n) is 10.4. The third kappa shape index (κ3) is 2.98. The molecule has 2 N–H and O–H groups in total. The molecule has 1 amide bonds. The Bertz CT molecular complexity index is 446. The van der Waals surface area contributed by atoms with Gasteiger partial charge in [0, 0.05) is 13.1 Å². The zero-order valence-corrected chi connectivity index (χ0v) is 10.4. The first-order valence-corrected chi connectivity index (χ1v) is 5.94. The molecule has 0 unspecified atom stereocenters. The highest BCUT2D eigenvalue weighted by Gasteiger charge is 2.47. The van der Waals surface area contributed by atoms with Crippen LogP contribution in [0.25, 0.3) is 0 Å². The minimum atomic E-state index is -0.645. The first-order valence-electron chi connectivity index (χ1n) is 5.94. The van der Waals surface area contributed by atoms with E-state index in [0.29, 0.717) is 18.9 Å². The first kappa shape index (κ1) is 12.8. The number of carbonyl (C=O) groups is 1. The van der Waals surface area contributed by atoms with Gasteiger partial charge in [-0.05, 0) is 25.0 Å². The van der Waals surface area contributed by atoms with Crippen molar-refractivity contribution >= 4 is 5.91 Å². The largest absolute Gasteiger partial charge is 0.492 e. The van der Waals surface area contributed by atoms with Crippen molar-refractivity contribution in [2.75, 3.05) is 20.2 Å². The Labute approximate surface area is 106 Å². The summed E-state index contributed by atoms with van der Waals surface area (Å²) in [7, 11) is 1.70. The SMILES string of the molecule is CN(CCOc1cccc(F)c1)C(=O)C1(N)CC1. The molecule has 0 atom stereocenters. The Kier molecular flexibility index (Phi) is 3.52. The summed E-state index contributed by atoms with van der Waals surface area (Å²) in [6.07, 6.45) is 1.50. The number of likely N-dealkylation sites (N-methyl/N-ethyl adjacent to an activating group) is 1. The third-order valence-electron chi connectivity index (χ3n) is 3.05. The second-order valence-corrected chi connectivity index (χ2v) is 4.69. The summed E-state index contributed by atoms with van der Waals surface area (Å²) in [6, 6.07) is 5.93. The molecule has 0 radical (unpaired) electrons. The molecule has 1 saturated carbocycles. The summed E-state index contributed by atoms with van der Waals surface area (Å²) >= 11 is 0. The third-order valence-corrected chi connectivity index (χ3v) is 3.05. The molecule has 0 heterocycles. The minimum Gasteiger partial charge on any atom is -0.492 e. The fraction of sp³-hybridized carbons (Fsp3) is 0.462. The molecule has 98 valence electrons. The monoisotopic (exact) mass is 252 g/mol. The van der Waals surface area contributed by atoms with Gasteiger partial charge in [0.2, 0.25) is 5.91 Å². The van der Waals surface area contributed by atoms with E-state index >= 15 is 0 Å². The van der Waals surface area contributed by atoms with E-state index in [4.69, 9.17) is 10.5 Å².